The van der Waals surface area contributed by atoms with E-state index in [1.54, 1.807) is 12.1 Å². The third kappa shape index (κ3) is 6.96. The Hall–Kier alpha value is -2.47. The first kappa shape index (κ1) is 30.0. The molecule has 3 saturated heterocycles. The fourth-order valence-corrected chi connectivity index (χ4v) is 7.44. The second-order valence-corrected chi connectivity index (χ2v) is 13.6. The molecule has 0 aliphatic carbocycles. The molecule has 3 aliphatic rings. The Bertz CT molecular complexity index is 1430. The lowest BCUT2D eigenvalue weighted by Crippen LogP contribution is -2.52. The number of anilines is 1. The van der Waals surface area contributed by atoms with E-state index in [-0.39, 0.29) is 58.8 Å². The van der Waals surface area contributed by atoms with Crippen LogP contribution in [0.4, 0.5) is 14.5 Å². The smallest absolute Gasteiger partial charge is 0.268 e. The number of hydrogen-bond donors (Lipinski definition) is 2. The summed E-state index contributed by atoms with van der Waals surface area (Å²) < 4.78 is 66.2. The largest absolute Gasteiger partial charge is 0.379 e. The summed E-state index contributed by atoms with van der Waals surface area (Å²) in [5, 5.41) is 13.1. The average Bonchev–Trinajstić information content (AvgIpc) is 3.24. The van der Waals surface area contributed by atoms with Crippen LogP contribution in [-0.2, 0) is 24.3 Å². The number of ether oxygens (including phenoxy) is 2. The molecule has 220 valence electrons. The van der Waals surface area contributed by atoms with Crippen molar-refractivity contribution in [1.29, 1.82) is 5.26 Å². The Balaban J connectivity index is 1.32. The normalized spacial score (nSPS) is 23.4. The van der Waals surface area contributed by atoms with Crippen molar-refractivity contribution in [3.05, 3.63) is 52.8 Å². The number of likely N-dealkylation sites (tertiary alicyclic amines) is 1. The molecule has 3 aliphatic heterocycles. The molecule has 3 heterocycles. The number of carbonyl (C=O) groups excluding carboxylic acids is 1. The van der Waals surface area contributed by atoms with Crippen LogP contribution in [0.15, 0.2) is 46.2 Å². The highest BCUT2D eigenvalue weighted by Crippen LogP contribution is 2.36. The first-order valence-corrected chi connectivity index (χ1v) is 16.0. The molecule has 3 atom stereocenters. The van der Waals surface area contributed by atoms with Gasteiger partial charge in [-0.3, -0.25) is 9.69 Å². The minimum Gasteiger partial charge on any atom is -0.379 e. The number of halogens is 3. The summed E-state index contributed by atoms with van der Waals surface area (Å²) in [4.78, 5) is 15.4. The molecule has 0 spiro atoms. The van der Waals surface area contributed by atoms with E-state index in [9.17, 15) is 27.3 Å². The van der Waals surface area contributed by atoms with Gasteiger partial charge in [0.2, 0.25) is 0 Å². The SMILES string of the molecule is N#Cc1cc(S(=O)(=O)NC(=O)[C@@]23CO[C@@H](CCO2)C3)cc(Cl)c1N[C@H](CCN1CC(F)C1)CSc1ccc(F)cc1. The van der Waals surface area contributed by atoms with Gasteiger partial charge in [0.25, 0.3) is 15.9 Å². The summed E-state index contributed by atoms with van der Waals surface area (Å²) in [6, 6.07) is 10.2. The lowest BCUT2D eigenvalue weighted by molar-refractivity contribution is -0.146. The Morgan fingerprint density at radius 2 is 2.05 bits per heavy atom. The lowest BCUT2D eigenvalue weighted by Gasteiger charge is -2.35. The molecule has 0 radical (unpaired) electrons. The van der Waals surface area contributed by atoms with Gasteiger partial charge in [0.05, 0.1) is 40.5 Å². The summed E-state index contributed by atoms with van der Waals surface area (Å²) in [6.07, 6.45) is 0.494. The van der Waals surface area contributed by atoms with Gasteiger partial charge in [-0.15, -0.1) is 11.8 Å². The van der Waals surface area contributed by atoms with Crippen molar-refractivity contribution >= 4 is 45.0 Å². The predicted molar refractivity (Wildman–Crippen MR) is 150 cm³/mol. The molecule has 0 saturated carbocycles. The van der Waals surface area contributed by atoms with Crippen LogP contribution < -0.4 is 10.0 Å². The Morgan fingerprint density at radius 3 is 2.76 bits per heavy atom. The van der Waals surface area contributed by atoms with E-state index >= 15 is 0 Å². The van der Waals surface area contributed by atoms with E-state index in [0.29, 0.717) is 38.2 Å². The molecular weight excluding hydrogens is 598 g/mol. The first-order chi connectivity index (χ1) is 19.6. The van der Waals surface area contributed by atoms with E-state index in [4.69, 9.17) is 21.1 Å². The number of alkyl halides is 1. The maximum absolute atomic E-state index is 13.3. The number of fused-ring (bicyclic) bond motifs is 2. The highest BCUT2D eigenvalue weighted by atomic mass is 35.5. The van der Waals surface area contributed by atoms with Crippen molar-refractivity contribution in [3.8, 4) is 6.07 Å². The van der Waals surface area contributed by atoms with Crippen LogP contribution in [0.25, 0.3) is 0 Å². The summed E-state index contributed by atoms with van der Waals surface area (Å²) in [5.74, 6) is -0.650. The van der Waals surface area contributed by atoms with Gasteiger partial charge in [-0.2, -0.15) is 5.26 Å². The fraction of sp³-hybridized carbons (Fsp3) is 0.481. The molecule has 9 nitrogen and oxygen atoms in total. The van der Waals surface area contributed by atoms with Gasteiger partial charge in [0.1, 0.15) is 18.1 Å². The summed E-state index contributed by atoms with van der Waals surface area (Å²) in [6.45, 7) is 1.58. The molecule has 2 aromatic carbocycles. The van der Waals surface area contributed by atoms with Gasteiger partial charge in [-0.1, -0.05) is 11.6 Å². The summed E-state index contributed by atoms with van der Waals surface area (Å²) >= 11 is 7.99. The van der Waals surface area contributed by atoms with Crippen LogP contribution in [0.3, 0.4) is 0 Å². The highest BCUT2D eigenvalue weighted by Gasteiger charge is 2.51. The van der Waals surface area contributed by atoms with Crippen molar-refractivity contribution < 1.29 is 31.5 Å². The number of sulfonamides is 1. The molecule has 41 heavy (non-hydrogen) atoms. The third-order valence-electron chi connectivity index (χ3n) is 7.38. The number of rotatable bonds is 11. The second kappa shape index (κ2) is 12.4. The number of hydrogen-bond acceptors (Lipinski definition) is 9. The second-order valence-electron chi connectivity index (χ2n) is 10.4. The van der Waals surface area contributed by atoms with Crippen LogP contribution in [0.2, 0.25) is 5.02 Å². The number of amides is 1. The van der Waals surface area contributed by atoms with Crippen LogP contribution in [0.5, 0.6) is 0 Å². The van der Waals surface area contributed by atoms with Gasteiger partial charge in [-0.05, 0) is 49.2 Å². The van der Waals surface area contributed by atoms with Crippen LogP contribution in [0, 0.1) is 17.1 Å². The topological polar surface area (TPSA) is 121 Å². The predicted octanol–water partition coefficient (Wildman–Crippen LogP) is 3.72. The van der Waals surface area contributed by atoms with Crippen molar-refractivity contribution in [3.63, 3.8) is 0 Å². The Kier molecular flexibility index (Phi) is 9.08. The number of nitrogens with zero attached hydrogens (tertiary/aromatic N) is 2. The number of carbonyl (C=O) groups is 1. The molecule has 1 amide bonds. The molecule has 3 fully saturated rings. The maximum Gasteiger partial charge on any atom is 0.268 e. The standard InChI is InChI=1S/C27H29ClF2N4O5S2/c28-24-10-23(41(36,37)33-26(35)27-11-21(38-16-27)6-8-39-27)9-17(12-31)25(24)32-20(5-7-34-13-19(30)14-34)15-40-22-3-1-18(29)2-4-22/h1-4,9-10,19-21,32H,5-8,11,13-16H2,(H,33,35)/t20-,21+,27-/m1/s1. The van der Waals surface area contributed by atoms with Gasteiger partial charge >= 0.3 is 0 Å². The quantitative estimate of drug-likeness (QED) is 0.360. The summed E-state index contributed by atoms with van der Waals surface area (Å²) in [5.41, 5.74) is -1.14. The minimum atomic E-state index is -4.39. The first-order valence-electron chi connectivity index (χ1n) is 13.1. The number of benzene rings is 2. The zero-order chi connectivity index (χ0) is 29.2. The Morgan fingerprint density at radius 1 is 1.29 bits per heavy atom. The maximum atomic E-state index is 13.3. The highest BCUT2D eigenvalue weighted by molar-refractivity contribution is 7.99. The zero-order valence-corrected chi connectivity index (χ0v) is 24.3. The van der Waals surface area contributed by atoms with Crippen molar-refractivity contribution in [2.24, 2.45) is 0 Å². The molecule has 0 aromatic heterocycles. The van der Waals surface area contributed by atoms with E-state index in [1.165, 1.54) is 30.0 Å². The van der Waals surface area contributed by atoms with Crippen molar-refractivity contribution in [1.82, 2.24) is 9.62 Å². The third-order valence-corrected chi connectivity index (χ3v) is 10.2. The van der Waals surface area contributed by atoms with Gasteiger partial charge < -0.3 is 14.8 Å². The monoisotopic (exact) mass is 626 g/mol. The lowest BCUT2D eigenvalue weighted by atomic mass is 9.95. The number of nitrogens with one attached hydrogen (secondary N) is 2. The van der Waals surface area contributed by atoms with Gasteiger partial charge in [-0.25, -0.2) is 21.9 Å². The number of nitriles is 1. The molecule has 2 N–H and O–H groups in total. The molecule has 0 unspecified atom stereocenters. The number of thioether (sulfide) groups is 1. The van der Waals surface area contributed by atoms with Crippen LogP contribution in [0.1, 0.15) is 24.8 Å². The minimum absolute atomic E-state index is 0.0160. The van der Waals surface area contributed by atoms with Crippen LogP contribution >= 0.6 is 23.4 Å². The summed E-state index contributed by atoms with van der Waals surface area (Å²) in [7, 11) is -4.39. The molecule has 2 aromatic rings. The zero-order valence-electron chi connectivity index (χ0n) is 21.9. The van der Waals surface area contributed by atoms with Gasteiger partial charge in [0, 0.05) is 42.7 Å². The van der Waals surface area contributed by atoms with E-state index in [2.05, 4.69) is 10.0 Å². The van der Waals surface area contributed by atoms with Crippen molar-refractivity contribution in [2.75, 3.05) is 43.9 Å². The van der Waals surface area contributed by atoms with Gasteiger partial charge in [0.15, 0.2) is 5.60 Å². The molecule has 5 rings (SSSR count). The molecular formula is C27H29ClF2N4O5S2. The fourth-order valence-electron chi connectivity index (χ4n) is 5.04. The molecule has 14 heteroatoms. The van der Waals surface area contributed by atoms with E-state index in [0.717, 1.165) is 11.0 Å². The van der Waals surface area contributed by atoms with E-state index < -0.39 is 27.7 Å². The van der Waals surface area contributed by atoms with E-state index in [1.807, 2.05) is 11.0 Å². The molecule has 2 bridgehead atoms. The van der Waals surface area contributed by atoms with Crippen LogP contribution in [-0.4, -0.2) is 81.7 Å². The average molecular weight is 627 g/mol. The Labute approximate surface area is 246 Å². The van der Waals surface area contributed by atoms with Crippen molar-refractivity contribution in [2.45, 2.75) is 53.0 Å².